The maximum absolute atomic E-state index is 11.0. The summed E-state index contributed by atoms with van der Waals surface area (Å²) in [5, 5.41) is 9.86. The lowest BCUT2D eigenvalue weighted by Crippen LogP contribution is -2.45. The molecule has 1 aliphatic carbocycles. The Bertz CT molecular complexity index is 548. The first kappa shape index (κ1) is 12.0. The van der Waals surface area contributed by atoms with Gasteiger partial charge in [-0.15, -0.1) is 0 Å². The molecule has 3 rings (SSSR count). The first-order valence-corrected chi connectivity index (χ1v) is 7.95. The summed E-state index contributed by atoms with van der Waals surface area (Å²) in [6, 6.07) is 7.55. The van der Waals surface area contributed by atoms with Crippen molar-refractivity contribution in [1.82, 2.24) is 0 Å². The molecule has 0 unspecified atom stereocenters. The number of hydrogen-bond donors (Lipinski definition) is 1. The van der Waals surface area contributed by atoms with E-state index in [1.54, 1.807) is 0 Å². The summed E-state index contributed by atoms with van der Waals surface area (Å²) in [6.45, 7) is 0. The highest BCUT2D eigenvalue weighted by Crippen LogP contribution is 2.38. The minimum Gasteiger partial charge on any atom is -0.488 e. The van der Waals surface area contributed by atoms with Crippen molar-refractivity contribution in [3.05, 3.63) is 29.8 Å². The number of rotatable bonds is 4. The van der Waals surface area contributed by atoms with Crippen molar-refractivity contribution in [2.24, 2.45) is 0 Å². The number of aliphatic hydroxyl groups is 1. The van der Waals surface area contributed by atoms with Crippen molar-refractivity contribution >= 4 is 9.84 Å². The molecule has 1 aliphatic heterocycles. The Morgan fingerprint density at radius 1 is 1.33 bits per heavy atom. The third-order valence-corrected chi connectivity index (χ3v) is 5.20. The minimum atomic E-state index is -2.84. The highest BCUT2D eigenvalue weighted by molar-refractivity contribution is 7.92. The molecule has 1 N–H and O–H groups in total. The molecule has 0 radical (unpaired) electrons. The van der Waals surface area contributed by atoms with Gasteiger partial charge in [-0.25, -0.2) is 8.42 Å². The van der Waals surface area contributed by atoms with Gasteiger partial charge in [-0.3, -0.25) is 0 Å². The molecule has 4 nitrogen and oxygen atoms in total. The molecular weight excluding hydrogens is 252 g/mol. The van der Waals surface area contributed by atoms with Crippen LogP contribution in [0.5, 0.6) is 5.75 Å². The zero-order valence-electron chi connectivity index (χ0n) is 10.0. The van der Waals surface area contributed by atoms with Crippen molar-refractivity contribution in [2.75, 3.05) is 11.5 Å². The van der Waals surface area contributed by atoms with Crippen LogP contribution in [0.2, 0.25) is 0 Å². The van der Waals surface area contributed by atoms with E-state index in [-0.39, 0.29) is 17.6 Å². The van der Waals surface area contributed by atoms with E-state index < -0.39 is 15.4 Å². The summed E-state index contributed by atoms with van der Waals surface area (Å²) in [4.78, 5) is 0. The van der Waals surface area contributed by atoms with Crippen LogP contribution in [0.15, 0.2) is 24.3 Å². The first-order valence-electron chi connectivity index (χ1n) is 6.13. The van der Waals surface area contributed by atoms with Crippen molar-refractivity contribution in [1.29, 1.82) is 0 Å². The largest absolute Gasteiger partial charge is 0.488 e. The van der Waals surface area contributed by atoms with E-state index >= 15 is 0 Å². The molecule has 98 valence electrons. The van der Waals surface area contributed by atoms with Crippen LogP contribution in [0.1, 0.15) is 18.4 Å². The summed E-state index contributed by atoms with van der Waals surface area (Å²) in [7, 11) is -2.84. The van der Waals surface area contributed by atoms with Gasteiger partial charge in [0, 0.05) is 6.42 Å². The minimum absolute atomic E-state index is 0.112. The molecule has 0 atom stereocenters. The molecule has 18 heavy (non-hydrogen) atoms. The smallest absolute Gasteiger partial charge is 0.157 e. The fourth-order valence-corrected chi connectivity index (χ4v) is 3.38. The number of ether oxygens (including phenoxy) is 1. The third-order valence-electron chi connectivity index (χ3n) is 3.44. The van der Waals surface area contributed by atoms with Crippen LogP contribution in [-0.2, 0) is 16.3 Å². The maximum atomic E-state index is 11.0. The van der Waals surface area contributed by atoms with E-state index in [1.165, 1.54) is 0 Å². The van der Waals surface area contributed by atoms with E-state index in [0.29, 0.717) is 12.2 Å². The van der Waals surface area contributed by atoms with Gasteiger partial charge in [0.15, 0.2) is 9.84 Å². The standard InChI is InChI=1S/C13H16O4S/c14-13(4-5-13)7-10-2-1-3-11(6-10)17-12-8-18(15,16)9-12/h1-3,6,12,14H,4-5,7-9H2. The van der Waals surface area contributed by atoms with E-state index in [4.69, 9.17) is 4.74 Å². The second-order valence-electron chi connectivity index (χ2n) is 5.37. The van der Waals surface area contributed by atoms with Gasteiger partial charge in [0.25, 0.3) is 0 Å². The van der Waals surface area contributed by atoms with Crippen LogP contribution < -0.4 is 4.74 Å². The summed E-state index contributed by atoms with van der Waals surface area (Å²) >= 11 is 0. The average molecular weight is 268 g/mol. The van der Waals surface area contributed by atoms with Crippen LogP contribution in [0.3, 0.4) is 0 Å². The fourth-order valence-electron chi connectivity index (χ4n) is 2.21. The predicted octanol–water partition coefficient (Wildman–Crippen LogP) is 0.930. The molecular formula is C13H16O4S. The van der Waals surface area contributed by atoms with Gasteiger partial charge in [-0.1, -0.05) is 12.1 Å². The quantitative estimate of drug-likeness (QED) is 0.882. The van der Waals surface area contributed by atoms with Crippen molar-refractivity contribution in [3.8, 4) is 5.75 Å². The van der Waals surface area contributed by atoms with Crippen LogP contribution >= 0.6 is 0 Å². The van der Waals surface area contributed by atoms with Gasteiger partial charge in [-0.2, -0.15) is 0 Å². The Morgan fingerprint density at radius 2 is 2.06 bits per heavy atom. The second-order valence-corrected chi connectivity index (χ2v) is 7.52. The average Bonchev–Trinajstić information content (AvgIpc) is 2.93. The topological polar surface area (TPSA) is 63.6 Å². The van der Waals surface area contributed by atoms with Crippen molar-refractivity contribution < 1.29 is 18.3 Å². The Kier molecular flexibility index (Phi) is 2.64. The molecule has 2 aliphatic rings. The molecule has 1 saturated carbocycles. The normalized spacial score (nSPS) is 24.3. The molecule has 0 aromatic heterocycles. The molecule has 2 fully saturated rings. The summed E-state index contributed by atoms with van der Waals surface area (Å²) in [5.41, 5.74) is 0.521. The highest BCUT2D eigenvalue weighted by Gasteiger charge is 2.40. The zero-order valence-corrected chi connectivity index (χ0v) is 10.8. The lowest BCUT2D eigenvalue weighted by molar-refractivity contribution is 0.151. The molecule has 0 spiro atoms. The summed E-state index contributed by atoms with van der Waals surface area (Å²) < 4.78 is 27.7. The Hall–Kier alpha value is -1.07. The van der Waals surface area contributed by atoms with Crippen LogP contribution in [0, 0.1) is 0 Å². The van der Waals surface area contributed by atoms with E-state index in [0.717, 1.165) is 18.4 Å². The number of sulfone groups is 1. The van der Waals surface area contributed by atoms with Gasteiger partial charge in [0.1, 0.15) is 11.9 Å². The number of hydrogen-bond acceptors (Lipinski definition) is 4. The molecule has 1 aromatic carbocycles. The molecule has 0 amide bonds. The van der Waals surface area contributed by atoms with E-state index in [9.17, 15) is 13.5 Å². The highest BCUT2D eigenvalue weighted by atomic mass is 32.2. The molecule has 5 heteroatoms. The lowest BCUT2D eigenvalue weighted by Gasteiger charge is -2.26. The summed E-state index contributed by atoms with van der Waals surface area (Å²) in [6.07, 6.45) is 2.15. The van der Waals surface area contributed by atoms with Gasteiger partial charge in [0.2, 0.25) is 0 Å². The van der Waals surface area contributed by atoms with Crippen molar-refractivity contribution in [3.63, 3.8) is 0 Å². The monoisotopic (exact) mass is 268 g/mol. The molecule has 1 heterocycles. The van der Waals surface area contributed by atoms with Crippen LogP contribution in [0.4, 0.5) is 0 Å². The second kappa shape index (κ2) is 3.96. The van der Waals surface area contributed by atoms with Gasteiger partial charge in [0.05, 0.1) is 17.1 Å². The van der Waals surface area contributed by atoms with Crippen LogP contribution in [-0.4, -0.2) is 36.7 Å². The van der Waals surface area contributed by atoms with Crippen molar-refractivity contribution in [2.45, 2.75) is 31.0 Å². The van der Waals surface area contributed by atoms with E-state index in [1.807, 2.05) is 24.3 Å². The first-order chi connectivity index (χ1) is 8.44. The Labute approximate surface area is 107 Å². The Morgan fingerprint density at radius 3 is 2.67 bits per heavy atom. The maximum Gasteiger partial charge on any atom is 0.157 e. The van der Waals surface area contributed by atoms with E-state index in [2.05, 4.69) is 0 Å². The third kappa shape index (κ3) is 2.67. The zero-order chi connectivity index (χ0) is 12.8. The SMILES string of the molecule is O=S1(=O)CC(Oc2cccc(CC3(O)CC3)c2)C1. The van der Waals surface area contributed by atoms with Crippen LogP contribution in [0.25, 0.3) is 0 Å². The fraction of sp³-hybridized carbons (Fsp3) is 0.538. The van der Waals surface area contributed by atoms with Gasteiger partial charge < -0.3 is 9.84 Å². The number of benzene rings is 1. The van der Waals surface area contributed by atoms with Gasteiger partial charge in [-0.05, 0) is 30.5 Å². The van der Waals surface area contributed by atoms with Gasteiger partial charge >= 0.3 is 0 Å². The molecule has 1 saturated heterocycles. The lowest BCUT2D eigenvalue weighted by atomic mass is 10.1. The Balaban J connectivity index is 1.64. The molecule has 0 bridgehead atoms. The molecule has 1 aromatic rings. The summed E-state index contributed by atoms with van der Waals surface area (Å²) in [5.74, 6) is 0.916. The predicted molar refractivity (Wildman–Crippen MR) is 67.4 cm³/mol.